The van der Waals surface area contributed by atoms with Crippen LogP contribution in [0.2, 0.25) is 0 Å². The Hall–Kier alpha value is -2.08. The predicted molar refractivity (Wildman–Crippen MR) is 85.7 cm³/mol. The number of carbonyl (C=O) groups excluding carboxylic acids is 1. The summed E-state index contributed by atoms with van der Waals surface area (Å²) >= 11 is 1.47. The van der Waals surface area contributed by atoms with E-state index in [-0.39, 0.29) is 5.91 Å². The summed E-state index contributed by atoms with van der Waals surface area (Å²) in [5.41, 5.74) is 1.62. The largest absolute Gasteiger partial charge is 0.384 e. The number of nitrogens with one attached hydrogen (secondary N) is 2. The molecule has 2 heterocycles. The van der Waals surface area contributed by atoms with E-state index in [0.717, 1.165) is 23.7 Å². The summed E-state index contributed by atoms with van der Waals surface area (Å²) in [6.45, 7) is 1.41. The van der Waals surface area contributed by atoms with E-state index in [9.17, 15) is 4.79 Å². The second-order valence-electron chi connectivity index (χ2n) is 4.34. The van der Waals surface area contributed by atoms with Gasteiger partial charge in [0.1, 0.15) is 5.03 Å². The van der Waals surface area contributed by atoms with Crippen LogP contribution in [0.25, 0.3) is 0 Å². The highest BCUT2D eigenvalue weighted by molar-refractivity contribution is 7.98. The molecule has 0 saturated heterocycles. The van der Waals surface area contributed by atoms with Gasteiger partial charge in [0.15, 0.2) is 0 Å². The molecule has 6 heteroatoms. The van der Waals surface area contributed by atoms with Crippen LogP contribution < -0.4 is 10.6 Å². The zero-order valence-electron chi connectivity index (χ0n) is 11.9. The highest BCUT2D eigenvalue weighted by Crippen LogP contribution is 2.16. The summed E-state index contributed by atoms with van der Waals surface area (Å²) < 4.78 is 0. The molecule has 2 aromatic heterocycles. The van der Waals surface area contributed by atoms with Crippen molar-refractivity contribution in [3.8, 4) is 0 Å². The van der Waals surface area contributed by atoms with Crippen molar-refractivity contribution in [1.29, 1.82) is 0 Å². The smallest absolute Gasteiger partial charge is 0.254 e. The quantitative estimate of drug-likeness (QED) is 0.607. The van der Waals surface area contributed by atoms with Crippen molar-refractivity contribution in [3.63, 3.8) is 0 Å². The van der Waals surface area contributed by atoms with Crippen LogP contribution in [-0.4, -0.2) is 35.2 Å². The first kappa shape index (κ1) is 15.3. The van der Waals surface area contributed by atoms with Gasteiger partial charge in [-0.05, 0) is 36.9 Å². The minimum absolute atomic E-state index is 0.0752. The van der Waals surface area contributed by atoms with Gasteiger partial charge in [0, 0.05) is 31.7 Å². The first-order valence-corrected chi connectivity index (χ1v) is 7.95. The summed E-state index contributed by atoms with van der Waals surface area (Å²) in [4.78, 5) is 20.3. The van der Waals surface area contributed by atoms with Crippen molar-refractivity contribution in [2.45, 2.75) is 11.4 Å². The molecule has 0 spiro atoms. The first-order chi connectivity index (χ1) is 10.3. The molecule has 0 saturated carbocycles. The maximum absolute atomic E-state index is 12.1. The van der Waals surface area contributed by atoms with E-state index in [1.54, 1.807) is 30.7 Å². The van der Waals surface area contributed by atoms with Gasteiger partial charge in [-0.2, -0.15) is 0 Å². The third-order valence-electron chi connectivity index (χ3n) is 2.84. The van der Waals surface area contributed by atoms with Crippen molar-refractivity contribution < 1.29 is 4.79 Å². The fraction of sp³-hybridized carbons (Fsp3) is 0.267. The standard InChI is InChI=1S/C15H18N4OS/c1-21-15-13(6-3-8-19-15)14(20)18-10-4-9-17-12-5-2-7-16-11-12/h2-3,5-8,11,17H,4,9-10H2,1H3,(H,18,20). The molecular weight excluding hydrogens is 284 g/mol. The summed E-state index contributed by atoms with van der Waals surface area (Å²) in [7, 11) is 0. The zero-order chi connectivity index (χ0) is 14.9. The van der Waals surface area contributed by atoms with Gasteiger partial charge in [0.2, 0.25) is 0 Å². The van der Waals surface area contributed by atoms with Crippen LogP contribution in [0, 0.1) is 0 Å². The second-order valence-corrected chi connectivity index (χ2v) is 5.13. The highest BCUT2D eigenvalue weighted by Gasteiger charge is 2.10. The molecule has 0 aromatic carbocycles. The van der Waals surface area contributed by atoms with Crippen molar-refractivity contribution in [3.05, 3.63) is 48.4 Å². The minimum atomic E-state index is -0.0752. The molecule has 2 N–H and O–H groups in total. The van der Waals surface area contributed by atoms with E-state index in [1.165, 1.54) is 11.8 Å². The molecule has 110 valence electrons. The third-order valence-corrected chi connectivity index (χ3v) is 3.55. The predicted octanol–water partition coefficient (Wildman–Crippen LogP) is 2.43. The van der Waals surface area contributed by atoms with Crippen LogP contribution in [0.15, 0.2) is 47.9 Å². The Kier molecular flexibility index (Phi) is 6.02. The van der Waals surface area contributed by atoms with Gasteiger partial charge in [-0.1, -0.05) is 0 Å². The lowest BCUT2D eigenvalue weighted by molar-refractivity contribution is 0.0950. The average molecular weight is 302 g/mol. The summed E-state index contributed by atoms with van der Waals surface area (Å²) in [5, 5.41) is 6.92. The molecule has 0 aliphatic heterocycles. The van der Waals surface area contributed by atoms with Gasteiger partial charge < -0.3 is 10.6 Å². The van der Waals surface area contributed by atoms with Gasteiger partial charge in [-0.15, -0.1) is 11.8 Å². The monoisotopic (exact) mass is 302 g/mol. The van der Waals surface area contributed by atoms with Crippen molar-refractivity contribution in [2.24, 2.45) is 0 Å². The lowest BCUT2D eigenvalue weighted by Crippen LogP contribution is -2.26. The number of nitrogens with zero attached hydrogens (tertiary/aromatic N) is 2. The number of thioether (sulfide) groups is 1. The molecular formula is C15H18N4OS. The summed E-state index contributed by atoms with van der Waals surface area (Å²) in [6.07, 6.45) is 7.97. The fourth-order valence-corrected chi connectivity index (χ4v) is 2.36. The molecule has 5 nitrogen and oxygen atoms in total. The molecule has 0 unspecified atom stereocenters. The van der Waals surface area contributed by atoms with Crippen LogP contribution in [0.3, 0.4) is 0 Å². The van der Waals surface area contributed by atoms with Gasteiger partial charge in [0.05, 0.1) is 11.3 Å². The van der Waals surface area contributed by atoms with Crippen LogP contribution in [-0.2, 0) is 0 Å². The Bertz CT molecular complexity index is 577. The molecule has 0 radical (unpaired) electrons. The number of anilines is 1. The van der Waals surface area contributed by atoms with E-state index in [1.807, 2.05) is 18.4 Å². The molecule has 0 aliphatic carbocycles. The van der Waals surface area contributed by atoms with E-state index < -0.39 is 0 Å². The SMILES string of the molecule is CSc1ncccc1C(=O)NCCCNc1cccnc1. The maximum atomic E-state index is 12.1. The third kappa shape index (κ3) is 4.75. The molecule has 0 atom stereocenters. The molecule has 21 heavy (non-hydrogen) atoms. The fourth-order valence-electron chi connectivity index (χ4n) is 1.81. The van der Waals surface area contributed by atoms with Crippen molar-refractivity contribution in [2.75, 3.05) is 24.7 Å². The molecule has 0 fully saturated rings. The van der Waals surface area contributed by atoms with Crippen LogP contribution >= 0.6 is 11.8 Å². The number of aromatic nitrogens is 2. The van der Waals surface area contributed by atoms with Crippen LogP contribution in [0.5, 0.6) is 0 Å². The van der Waals surface area contributed by atoms with E-state index in [0.29, 0.717) is 12.1 Å². The lowest BCUT2D eigenvalue weighted by Gasteiger charge is -2.08. The number of hydrogen-bond donors (Lipinski definition) is 2. The Labute approximate surface area is 128 Å². The number of carbonyl (C=O) groups is 1. The Morgan fingerprint density at radius 2 is 2.10 bits per heavy atom. The highest BCUT2D eigenvalue weighted by atomic mass is 32.2. The Morgan fingerprint density at radius 1 is 1.24 bits per heavy atom. The average Bonchev–Trinajstić information content (AvgIpc) is 2.55. The van der Waals surface area contributed by atoms with Crippen molar-refractivity contribution >= 4 is 23.4 Å². The molecule has 0 aliphatic rings. The first-order valence-electron chi connectivity index (χ1n) is 6.72. The zero-order valence-corrected chi connectivity index (χ0v) is 12.7. The Balaban J connectivity index is 1.72. The van der Waals surface area contributed by atoms with Crippen LogP contribution in [0.4, 0.5) is 5.69 Å². The van der Waals surface area contributed by atoms with E-state index in [2.05, 4.69) is 20.6 Å². The Morgan fingerprint density at radius 3 is 2.86 bits per heavy atom. The van der Waals surface area contributed by atoms with E-state index >= 15 is 0 Å². The summed E-state index contributed by atoms with van der Waals surface area (Å²) in [5.74, 6) is -0.0752. The summed E-state index contributed by atoms with van der Waals surface area (Å²) in [6, 6.07) is 7.42. The molecule has 2 rings (SSSR count). The maximum Gasteiger partial charge on any atom is 0.254 e. The second kappa shape index (κ2) is 8.26. The van der Waals surface area contributed by atoms with Gasteiger partial charge in [0.25, 0.3) is 5.91 Å². The van der Waals surface area contributed by atoms with Gasteiger partial charge in [-0.3, -0.25) is 9.78 Å². The van der Waals surface area contributed by atoms with E-state index in [4.69, 9.17) is 0 Å². The minimum Gasteiger partial charge on any atom is -0.384 e. The van der Waals surface area contributed by atoms with Crippen LogP contribution in [0.1, 0.15) is 16.8 Å². The lowest BCUT2D eigenvalue weighted by atomic mass is 10.2. The van der Waals surface area contributed by atoms with Gasteiger partial charge >= 0.3 is 0 Å². The normalized spacial score (nSPS) is 10.1. The topological polar surface area (TPSA) is 66.9 Å². The molecule has 0 bridgehead atoms. The number of rotatable bonds is 7. The number of amides is 1. The van der Waals surface area contributed by atoms with Crippen molar-refractivity contribution in [1.82, 2.24) is 15.3 Å². The number of pyridine rings is 2. The van der Waals surface area contributed by atoms with Gasteiger partial charge in [-0.25, -0.2) is 4.98 Å². The molecule has 1 amide bonds. The number of hydrogen-bond acceptors (Lipinski definition) is 5. The molecule has 2 aromatic rings.